The molecule has 2 aliphatic rings. The van der Waals surface area contributed by atoms with Crippen molar-refractivity contribution < 1.29 is 14.3 Å². The van der Waals surface area contributed by atoms with Crippen LogP contribution in [-0.2, 0) is 22.4 Å². The van der Waals surface area contributed by atoms with E-state index in [0.29, 0.717) is 18.7 Å². The number of amides is 2. The number of ether oxygens (including phenoxy) is 1. The van der Waals surface area contributed by atoms with Gasteiger partial charge >= 0.3 is 0 Å². The molecule has 1 aromatic rings. The van der Waals surface area contributed by atoms with Gasteiger partial charge in [0.25, 0.3) is 11.8 Å². The number of aryl methyl sites for hydroxylation is 1. The number of aromatic nitrogens is 2. The van der Waals surface area contributed by atoms with Crippen LogP contribution in [0.3, 0.4) is 0 Å². The van der Waals surface area contributed by atoms with Gasteiger partial charge in [-0.3, -0.25) is 14.7 Å². The molecule has 0 spiro atoms. The van der Waals surface area contributed by atoms with E-state index >= 15 is 0 Å². The van der Waals surface area contributed by atoms with Gasteiger partial charge in [-0.15, -0.1) is 0 Å². The summed E-state index contributed by atoms with van der Waals surface area (Å²) in [6.45, 7) is 0.414. The lowest BCUT2D eigenvalue weighted by Gasteiger charge is -2.17. The van der Waals surface area contributed by atoms with Gasteiger partial charge in [0.15, 0.2) is 5.69 Å². The van der Waals surface area contributed by atoms with Crippen LogP contribution >= 0.6 is 0 Å². The first-order valence-electron chi connectivity index (χ1n) is 8.77. The SMILES string of the molecule is CN(C)C(=O)[C@H]1CC[C@H](CNC(=O)c2n[nH]c3c2CCCCC3)O1. The molecule has 132 valence electrons. The van der Waals surface area contributed by atoms with E-state index in [1.807, 2.05) is 0 Å². The van der Waals surface area contributed by atoms with Gasteiger partial charge in [0, 0.05) is 31.9 Å². The average Bonchev–Trinajstić information content (AvgIpc) is 3.13. The molecule has 1 aliphatic carbocycles. The van der Waals surface area contributed by atoms with Crippen LogP contribution in [0.5, 0.6) is 0 Å². The number of nitrogens with one attached hydrogen (secondary N) is 2. The molecule has 2 atom stereocenters. The maximum Gasteiger partial charge on any atom is 0.272 e. The van der Waals surface area contributed by atoms with Gasteiger partial charge in [-0.2, -0.15) is 5.10 Å². The number of rotatable bonds is 4. The second-order valence-corrected chi connectivity index (χ2v) is 6.86. The molecule has 24 heavy (non-hydrogen) atoms. The summed E-state index contributed by atoms with van der Waals surface area (Å²) in [7, 11) is 3.45. The minimum absolute atomic E-state index is 0.0125. The molecule has 2 heterocycles. The highest BCUT2D eigenvalue weighted by Gasteiger charge is 2.32. The second-order valence-electron chi connectivity index (χ2n) is 6.86. The van der Waals surface area contributed by atoms with Crippen LogP contribution < -0.4 is 5.32 Å². The van der Waals surface area contributed by atoms with E-state index in [1.165, 1.54) is 6.42 Å². The summed E-state index contributed by atoms with van der Waals surface area (Å²) in [5, 5.41) is 10.1. The molecule has 2 N–H and O–H groups in total. The number of likely N-dealkylation sites (N-methyl/N-ethyl adjacent to an activating group) is 1. The molecule has 0 unspecified atom stereocenters. The fraction of sp³-hybridized carbons (Fsp3) is 0.706. The largest absolute Gasteiger partial charge is 0.363 e. The third kappa shape index (κ3) is 3.61. The predicted octanol–water partition coefficient (Wildman–Crippen LogP) is 1.04. The van der Waals surface area contributed by atoms with Crippen LogP contribution in [0, 0.1) is 0 Å². The van der Waals surface area contributed by atoms with Crippen molar-refractivity contribution in [2.75, 3.05) is 20.6 Å². The number of H-pyrrole nitrogens is 1. The van der Waals surface area contributed by atoms with E-state index < -0.39 is 0 Å². The summed E-state index contributed by atoms with van der Waals surface area (Å²) in [6.07, 6.45) is 6.31. The molecule has 3 rings (SSSR count). The van der Waals surface area contributed by atoms with E-state index in [4.69, 9.17) is 4.74 Å². The summed E-state index contributed by atoms with van der Waals surface area (Å²) in [4.78, 5) is 25.9. The van der Waals surface area contributed by atoms with Crippen molar-refractivity contribution in [2.24, 2.45) is 0 Å². The lowest BCUT2D eigenvalue weighted by molar-refractivity contribution is -0.140. The van der Waals surface area contributed by atoms with Gasteiger partial charge in [0.1, 0.15) is 6.10 Å². The fourth-order valence-corrected chi connectivity index (χ4v) is 3.46. The zero-order valence-electron chi connectivity index (χ0n) is 14.4. The Labute approximate surface area is 142 Å². The van der Waals surface area contributed by atoms with E-state index in [-0.39, 0.29) is 24.0 Å². The van der Waals surface area contributed by atoms with Gasteiger partial charge < -0.3 is 15.0 Å². The van der Waals surface area contributed by atoms with Crippen LogP contribution in [0.25, 0.3) is 0 Å². The van der Waals surface area contributed by atoms with E-state index in [0.717, 1.165) is 43.4 Å². The molecule has 0 radical (unpaired) electrons. The molecule has 7 nitrogen and oxygen atoms in total. The van der Waals surface area contributed by atoms with Crippen molar-refractivity contribution in [2.45, 2.75) is 57.2 Å². The fourth-order valence-electron chi connectivity index (χ4n) is 3.46. The van der Waals surface area contributed by atoms with Crippen LogP contribution in [-0.4, -0.2) is 59.8 Å². The van der Waals surface area contributed by atoms with Crippen LogP contribution in [0.4, 0.5) is 0 Å². The average molecular weight is 334 g/mol. The first-order valence-corrected chi connectivity index (χ1v) is 8.77. The Morgan fingerprint density at radius 2 is 2.04 bits per heavy atom. The first kappa shape index (κ1) is 17.0. The van der Waals surface area contributed by atoms with Crippen molar-refractivity contribution in [1.29, 1.82) is 0 Å². The molecule has 2 amide bonds. The van der Waals surface area contributed by atoms with Crippen molar-refractivity contribution >= 4 is 11.8 Å². The quantitative estimate of drug-likeness (QED) is 0.806. The molecule has 0 aromatic carbocycles. The Bertz CT molecular complexity index is 611. The zero-order chi connectivity index (χ0) is 17.1. The van der Waals surface area contributed by atoms with Crippen LogP contribution in [0.1, 0.15) is 53.8 Å². The van der Waals surface area contributed by atoms with Gasteiger partial charge in [-0.25, -0.2) is 0 Å². The van der Waals surface area contributed by atoms with E-state index in [9.17, 15) is 9.59 Å². The highest BCUT2D eigenvalue weighted by atomic mass is 16.5. The number of carbonyl (C=O) groups is 2. The molecule has 1 saturated heterocycles. The number of hydrogen-bond donors (Lipinski definition) is 2. The minimum atomic E-state index is -0.386. The predicted molar refractivity (Wildman–Crippen MR) is 88.8 cm³/mol. The highest BCUT2D eigenvalue weighted by Crippen LogP contribution is 2.23. The van der Waals surface area contributed by atoms with Gasteiger partial charge in [0.05, 0.1) is 6.10 Å². The third-order valence-electron chi connectivity index (χ3n) is 4.84. The number of carbonyl (C=O) groups excluding carboxylic acids is 2. The van der Waals surface area contributed by atoms with Crippen molar-refractivity contribution in [1.82, 2.24) is 20.4 Å². The monoisotopic (exact) mass is 334 g/mol. The van der Waals surface area contributed by atoms with Gasteiger partial charge in [-0.05, 0) is 38.5 Å². The number of nitrogens with zero attached hydrogens (tertiary/aromatic N) is 2. The van der Waals surface area contributed by atoms with Crippen LogP contribution in [0.15, 0.2) is 0 Å². The Morgan fingerprint density at radius 1 is 1.25 bits per heavy atom. The summed E-state index contributed by atoms with van der Waals surface area (Å²) >= 11 is 0. The lowest BCUT2D eigenvalue weighted by Crippen LogP contribution is -2.36. The van der Waals surface area contributed by atoms with Crippen molar-refractivity contribution in [3.8, 4) is 0 Å². The molecule has 7 heteroatoms. The molecule has 0 saturated carbocycles. The molecule has 1 fully saturated rings. The molecular weight excluding hydrogens is 308 g/mol. The molecule has 1 aromatic heterocycles. The smallest absolute Gasteiger partial charge is 0.272 e. The van der Waals surface area contributed by atoms with Gasteiger partial charge in [0.2, 0.25) is 0 Å². The lowest BCUT2D eigenvalue weighted by atomic mass is 10.1. The molecular formula is C17H26N4O3. The molecule has 1 aliphatic heterocycles. The normalized spacial score (nSPS) is 23.4. The maximum atomic E-state index is 12.4. The first-order chi connectivity index (χ1) is 11.6. The number of aromatic amines is 1. The third-order valence-corrected chi connectivity index (χ3v) is 4.84. The van der Waals surface area contributed by atoms with E-state index in [2.05, 4.69) is 15.5 Å². The number of fused-ring (bicyclic) bond motifs is 1. The van der Waals surface area contributed by atoms with Crippen LogP contribution in [0.2, 0.25) is 0 Å². The summed E-state index contributed by atoms with van der Waals surface area (Å²) in [6, 6.07) is 0. The Hall–Kier alpha value is -1.89. The standard InChI is InChI=1S/C17H26N4O3/c1-21(2)17(23)14-9-8-11(24-14)10-18-16(22)15-12-6-4-3-5-7-13(12)19-20-15/h11,14H,3-10H2,1-2H3,(H,18,22)(H,19,20)/t11-,14-/m1/s1. The Kier molecular flexibility index (Phi) is 5.18. The van der Waals surface area contributed by atoms with Crippen molar-refractivity contribution in [3.63, 3.8) is 0 Å². The van der Waals surface area contributed by atoms with Crippen molar-refractivity contribution in [3.05, 3.63) is 17.0 Å². The maximum absolute atomic E-state index is 12.4. The molecule has 0 bridgehead atoms. The van der Waals surface area contributed by atoms with Gasteiger partial charge in [-0.1, -0.05) is 6.42 Å². The Morgan fingerprint density at radius 3 is 2.83 bits per heavy atom. The van der Waals surface area contributed by atoms with E-state index in [1.54, 1.807) is 19.0 Å². The summed E-state index contributed by atoms with van der Waals surface area (Å²) < 4.78 is 5.75. The minimum Gasteiger partial charge on any atom is -0.363 e. The highest BCUT2D eigenvalue weighted by molar-refractivity contribution is 5.94. The summed E-state index contributed by atoms with van der Waals surface area (Å²) in [5.41, 5.74) is 2.69. The zero-order valence-corrected chi connectivity index (χ0v) is 14.4. The Balaban J connectivity index is 1.53. The number of hydrogen-bond acceptors (Lipinski definition) is 4. The topological polar surface area (TPSA) is 87.3 Å². The second kappa shape index (κ2) is 7.34. The summed E-state index contributed by atoms with van der Waals surface area (Å²) in [5.74, 6) is -0.165.